The first-order valence-corrected chi connectivity index (χ1v) is 8.46. The molecule has 1 unspecified atom stereocenters. The standard InChI is InChI=1S/C17H31N3O/c1-13(2)20-17(16(21-4)12-19-20)15(18-3)11-14-9-7-5-6-8-10-14/h12-15,18H,5-11H2,1-4H3. The summed E-state index contributed by atoms with van der Waals surface area (Å²) in [6.07, 6.45) is 11.4. The van der Waals surface area contributed by atoms with Crippen LogP contribution in [0.25, 0.3) is 0 Å². The summed E-state index contributed by atoms with van der Waals surface area (Å²) in [4.78, 5) is 0. The van der Waals surface area contributed by atoms with Crippen LogP contribution in [0.5, 0.6) is 5.75 Å². The maximum Gasteiger partial charge on any atom is 0.161 e. The predicted octanol–water partition coefficient (Wildman–Crippen LogP) is 4.09. The van der Waals surface area contributed by atoms with Crippen LogP contribution >= 0.6 is 0 Å². The number of methoxy groups -OCH3 is 1. The van der Waals surface area contributed by atoms with Crippen LogP contribution in [-0.4, -0.2) is 23.9 Å². The Morgan fingerprint density at radius 3 is 2.48 bits per heavy atom. The van der Waals surface area contributed by atoms with E-state index in [0.29, 0.717) is 12.1 Å². The van der Waals surface area contributed by atoms with Gasteiger partial charge in [-0.3, -0.25) is 4.68 Å². The molecule has 21 heavy (non-hydrogen) atoms. The molecule has 1 heterocycles. The Balaban J connectivity index is 2.17. The van der Waals surface area contributed by atoms with E-state index in [1.807, 2.05) is 6.20 Å². The number of ether oxygens (including phenoxy) is 1. The summed E-state index contributed by atoms with van der Waals surface area (Å²) in [7, 11) is 3.79. The van der Waals surface area contributed by atoms with Crippen molar-refractivity contribution in [2.45, 2.75) is 70.9 Å². The minimum Gasteiger partial charge on any atom is -0.493 e. The number of nitrogens with one attached hydrogen (secondary N) is 1. The van der Waals surface area contributed by atoms with Crippen molar-refractivity contribution in [3.05, 3.63) is 11.9 Å². The summed E-state index contributed by atoms with van der Waals surface area (Å²) in [5.41, 5.74) is 1.21. The lowest BCUT2D eigenvalue weighted by Gasteiger charge is -2.25. The Morgan fingerprint density at radius 2 is 1.95 bits per heavy atom. The average Bonchev–Trinajstić information content (AvgIpc) is 2.74. The molecule has 1 aliphatic carbocycles. The van der Waals surface area contributed by atoms with Gasteiger partial charge in [0.1, 0.15) is 0 Å². The van der Waals surface area contributed by atoms with Crippen molar-refractivity contribution in [2.24, 2.45) is 5.92 Å². The monoisotopic (exact) mass is 293 g/mol. The molecular weight excluding hydrogens is 262 g/mol. The van der Waals surface area contributed by atoms with Crippen molar-refractivity contribution in [1.82, 2.24) is 15.1 Å². The van der Waals surface area contributed by atoms with E-state index in [-0.39, 0.29) is 0 Å². The molecule has 0 aromatic carbocycles. The van der Waals surface area contributed by atoms with Crippen molar-refractivity contribution in [1.29, 1.82) is 0 Å². The highest BCUT2D eigenvalue weighted by Crippen LogP contribution is 2.35. The normalized spacial score (nSPS) is 18.7. The molecule has 120 valence electrons. The van der Waals surface area contributed by atoms with Crippen molar-refractivity contribution < 1.29 is 4.74 Å². The van der Waals surface area contributed by atoms with Gasteiger partial charge in [0.2, 0.25) is 0 Å². The van der Waals surface area contributed by atoms with Crippen LogP contribution < -0.4 is 10.1 Å². The van der Waals surface area contributed by atoms with Gasteiger partial charge in [-0.1, -0.05) is 38.5 Å². The maximum absolute atomic E-state index is 5.55. The topological polar surface area (TPSA) is 39.1 Å². The molecule has 1 saturated carbocycles. The third-order valence-corrected chi connectivity index (χ3v) is 4.73. The van der Waals surface area contributed by atoms with Crippen LogP contribution in [-0.2, 0) is 0 Å². The summed E-state index contributed by atoms with van der Waals surface area (Å²) in [6, 6.07) is 0.682. The van der Waals surface area contributed by atoms with Crippen molar-refractivity contribution in [3.8, 4) is 5.75 Å². The molecule has 0 bridgehead atoms. The van der Waals surface area contributed by atoms with Gasteiger partial charge < -0.3 is 10.1 Å². The molecule has 0 saturated heterocycles. The summed E-state index contributed by atoms with van der Waals surface area (Å²) in [6.45, 7) is 4.35. The van der Waals surface area contributed by atoms with Crippen LogP contribution in [0.3, 0.4) is 0 Å². The van der Waals surface area contributed by atoms with Gasteiger partial charge in [0.25, 0.3) is 0 Å². The lowest BCUT2D eigenvalue weighted by Crippen LogP contribution is -2.24. The van der Waals surface area contributed by atoms with E-state index in [9.17, 15) is 0 Å². The molecule has 1 fully saturated rings. The van der Waals surface area contributed by atoms with E-state index in [1.165, 1.54) is 50.6 Å². The second-order valence-electron chi connectivity index (χ2n) is 6.57. The Bertz CT molecular complexity index is 420. The van der Waals surface area contributed by atoms with Gasteiger partial charge in [0.05, 0.1) is 25.0 Å². The van der Waals surface area contributed by atoms with Crippen LogP contribution in [0.15, 0.2) is 6.20 Å². The molecule has 0 spiro atoms. The Hall–Kier alpha value is -1.03. The van der Waals surface area contributed by atoms with E-state index in [2.05, 4.69) is 36.0 Å². The van der Waals surface area contributed by atoms with E-state index in [1.54, 1.807) is 7.11 Å². The van der Waals surface area contributed by atoms with Crippen molar-refractivity contribution in [2.75, 3.05) is 14.2 Å². The Labute approximate surface area is 129 Å². The SMILES string of the molecule is CNC(CC1CCCCCC1)c1c(OC)cnn1C(C)C. The molecular formula is C17H31N3O. The number of nitrogens with zero attached hydrogens (tertiary/aromatic N) is 2. The third-order valence-electron chi connectivity index (χ3n) is 4.73. The smallest absolute Gasteiger partial charge is 0.161 e. The molecule has 4 heteroatoms. The van der Waals surface area contributed by atoms with Crippen molar-refractivity contribution in [3.63, 3.8) is 0 Å². The number of rotatable bonds is 6. The van der Waals surface area contributed by atoms with Crippen LogP contribution in [0.2, 0.25) is 0 Å². The van der Waals surface area contributed by atoms with Gasteiger partial charge >= 0.3 is 0 Å². The molecule has 1 aromatic rings. The second kappa shape index (κ2) is 7.83. The zero-order chi connectivity index (χ0) is 15.2. The molecule has 0 radical (unpaired) electrons. The summed E-state index contributed by atoms with van der Waals surface area (Å²) < 4.78 is 7.66. The number of hydrogen-bond donors (Lipinski definition) is 1. The van der Waals surface area contributed by atoms with E-state index < -0.39 is 0 Å². The predicted molar refractivity (Wildman–Crippen MR) is 86.8 cm³/mol. The molecule has 1 N–H and O–H groups in total. The molecule has 1 aromatic heterocycles. The minimum atomic E-state index is 0.327. The minimum absolute atomic E-state index is 0.327. The highest BCUT2D eigenvalue weighted by atomic mass is 16.5. The lowest BCUT2D eigenvalue weighted by atomic mass is 9.91. The first-order chi connectivity index (χ1) is 10.2. The first kappa shape index (κ1) is 16.3. The molecule has 1 atom stereocenters. The second-order valence-corrected chi connectivity index (χ2v) is 6.57. The highest BCUT2D eigenvalue weighted by Gasteiger charge is 2.25. The number of aromatic nitrogens is 2. The fourth-order valence-corrected chi connectivity index (χ4v) is 3.56. The zero-order valence-electron chi connectivity index (χ0n) is 14.1. The quantitative estimate of drug-likeness (QED) is 0.803. The summed E-state index contributed by atoms with van der Waals surface area (Å²) >= 11 is 0. The Kier molecular flexibility index (Phi) is 6.09. The molecule has 0 amide bonds. The van der Waals surface area contributed by atoms with E-state index in [4.69, 9.17) is 4.74 Å². The third kappa shape index (κ3) is 4.00. The van der Waals surface area contributed by atoms with Crippen LogP contribution in [0, 0.1) is 5.92 Å². The average molecular weight is 293 g/mol. The van der Waals surface area contributed by atoms with Crippen LogP contribution in [0.4, 0.5) is 0 Å². The highest BCUT2D eigenvalue weighted by molar-refractivity contribution is 5.28. The van der Waals surface area contributed by atoms with Crippen LogP contribution in [0.1, 0.15) is 76.6 Å². The molecule has 0 aliphatic heterocycles. The molecule has 1 aliphatic rings. The van der Waals surface area contributed by atoms with Crippen molar-refractivity contribution >= 4 is 0 Å². The summed E-state index contributed by atoms with van der Waals surface area (Å²) in [5, 5.41) is 8.02. The van der Waals surface area contributed by atoms with E-state index >= 15 is 0 Å². The lowest BCUT2D eigenvalue weighted by molar-refractivity contribution is 0.334. The Morgan fingerprint density at radius 1 is 1.29 bits per heavy atom. The largest absolute Gasteiger partial charge is 0.493 e. The van der Waals surface area contributed by atoms with Gasteiger partial charge in [-0.05, 0) is 33.2 Å². The van der Waals surface area contributed by atoms with E-state index in [0.717, 1.165) is 11.7 Å². The van der Waals surface area contributed by atoms with Gasteiger partial charge in [-0.2, -0.15) is 5.10 Å². The maximum atomic E-state index is 5.55. The fourth-order valence-electron chi connectivity index (χ4n) is 3.56. The summed E-state index contributed by atoms with van der Waals surface area (Å²) in [5.74, 6) is 1.74. The molecule has 4 nitrogen and oxygen atoms in total. The van der Waals surface area contributed by atoms with Gasteiger partial charge in [-0.15, -0.1) is 0 Å². The first-order valence-electron chi connectivity index (χ1n) is 8.46. The number of hydrogen-bond acceptors (Lipinski definition) is 3. The zero-order valence-corrected chi connectivity index (χ0v) is 14.1. The molecule has 2 rings (SSSR count). The van der Waals surface area contributed by atoms with Gasteiger partial charge in [-0.25, -0.2) is 0 Å². The van der Waals surface area contributed by atoms with Gasteiger partial charge in [0, 0.05) is 6.04 Å². The fraction of sp³-hybridized carbons (Fsp3) is 0.824. The van der Waals surface area contributed by atoms with Gasteiger partial charge in [0.15, 0.2) is 5.75 Å².